The van der Waals surface area contributed by atoms with Crippen LogP contribution < -0.4 is 5.43 Å². The molecule has 104 valence electrons. The van der Waals surface area contributed by atoms with Gasteiger partial charge in [-0.25, -0.2) is 10.2 Å². The molecule has 8 heteroatoms. The molecular formula is C12H11N3O5. The van der Waals surface area contributed by atoms with Gasteiger partial charge in [0.15, 0.2) is 0 Å². The molecule has 0 spiro atoms. The first-order valence-corrected chi connectivity index (χ1v) is 5.40. The van der Waals surface area contributed by atoms with Gasteiger partial charge < -0.3 is 5.11 Å². The van der Waals surface area contributed by atoms with E-state index in [2.05, 4.69) is 10.5 Å². The Hall–Kier alpha value is -3.03. The minimum absolute atomic E-state index is 0.0888. The molecule has 0 radical (unpaired) electrons. The van der Waals surface area contributed by atoms with Crippen LogP contribution in [0, 0.1) is 10.1 Å². The van der Waals surface area contributed by atoms with E-state index < -0.39 is 16.8 Å². The van der Waals surface area contributed by atoms with Gasteiger partial charge in [0.25, 0.3) is 11.6 Å². The van der Waals surface area contributed by atoms with E-state index in [0.29, 0.717) is 17.4 Å². The molecule has 0 heterocycles. The molecule has 0 aliphatic carbocycles. The Kier molecular flexibility index (Phi) is 5.10. The Morgan fingerprint density at radius 2 is 2.10 bits per heavy atom. The molecular weight excluding hydrogens is 266 g/mol. The van der Waals surface area contributed by atoms with Crippen LogP contribution in [0.25, 0.3) is 0 Å². The summed E-state index contributed by atoms with van der Waals surface area (Å²) in [5.41, 5.74) is 2.85. The second kappa shape index (κ2) is 6.78. The zero-order chi connectivity index (χ0) is 15.1. The maximum absolute atomic E-state index is 11.2. The van der Waals surface area contributed by atoms with Crippen molar-refractivity contribution in [3.63, 3.8) is 0 Å². The fraction of sp³-hybridized carbons (Fsp3) is 0.0833. The Bertz CT molecular complexity index is 607. The number of amides is 1. The third-order valence-electron chi connectivity index (χ3n) is 2.19. The molecule has 0 aromatic heterocycles. The molecule has 1 aromatic rings. The summed E-state index contributed by atoms with van der Waals surface area (Å²) >= 11 is 0. The Morgan fingerprint density at radius 3 is 2.70 bits per heavy atom. The summed E-state index contributed by atoms with van der Waals surface area (Å²) in [5.74, 6) is -1.96. The zero-order valence-electron chi connectivity index (χ0n) is 10.4. The quantitative estimate of drug-likeness (QED) is 0.361. The topological polar surface area (TPSA) is 122 Å². The van der Waals surface area contributed by atoms with E-state index in [1.165, 1.54) is 18.2 Å². The van der Waals surface area contributed by atoms with Crippen LogP contribution in [0.1, 0.15) is 12.5 Å². The van der Waals surface area contributed by atoms with Gasteiger partial charge in [0, 0.05) is 29.8 Å². The Morgan fingerprint density at radius 1 is 1.40 bits per heavy atom. The number of hydrazone groups is 1. The third kappa shape index (κ3) is 4.69. The molecule has 0 fully saturated rings. The van der Waals surface area contributed by atoms with Gasteiger partial charge in [0.2, 0.25) is 0 Å². The first kappa shape index (κ1) is 15.0. The lowest BCUT2D eigenvalue weighted by Gasteiger charge is -2.01. The van der Waals surface area contributed by atoms with Gasteiger partial charge in [-0.1, -0.05) is 12.1 Å². The van der Waals surface area contributed by atoms with Crippen LogP contribution in [0.4, 0.5) is 5.69 Å². The Balaban J connectivity index is 2.79. The standard InChI is InChI=1S/C12H11N3O5/c1-8(13-14-11(16)5-6-12(17)18)9-3-2-4-10(7-9)15(19)20/h2-7H,1H3,(H,14,16)(H,17,18)/b6-5-,13-8+. The number of carboxylic acid groups (broad SMARTS) is 1. The highest BCUT2D eigenvalue weighted by Crippen LogP contribution is 2.13. The number of nitrogens with one attached hydrogen (secondary N) is 1. The monoisotopic (exact) mass is 277 g/mol. The van der Waals surface area contributed by atoms with E-state index in [9.17, 15) is 19.7 Å². The lowest BCUT2D eigenvalue weighted by molar-refractivity contribution is -0.384. The van der Waals surface area contributed by atoms with Crippen molar-refractivity contribution in [1.82, 2.24) is 5.43 Å². The summed E-state index contributed by atoms with van der Waals surface area (Å²) < 4.78 is 0. The number of carbonyl (C=O) groups is 2. The first-order chi connectivity index (χ1) is 9.40. The van der Waals surface area contributed by atoms with E-state index in [0.717, 1.165) is 6.08 Å². The van der Waals surface area contributed by atoms with Crippen LogP contribution in [0.3, 0.4) is 0 Å². The summed E-state index contributed by atoms with van der Waals surface area (Å²) in [5, 5.41) is 22.7. The highest BCUT2D eigenvalue weighted by molar-refractivity contribution is 6.00. The van der Waals surface area contributed by atoms with Crippen molar-refractivity contribution in [2.45, 2.75) is 6.92 Å². The van der Waals surface area contributed by atoms with Crippen molar-refractivity contribution in [2.75, 3.05) is 0 Å². The Labute approximate surface area is 113 Å². The van der Waals surface area contributed by atoms with E-state index in [4.69, 9.17) is 5.11 Å². The number of rotatable bonds is 5. The molecule has 2 N–H and O–H groups in total. The number of carbonyl (C=O) groups excluding carboxylic acids is 1. The SMILES string of the molecule is C/C(=N\NC(=O)/C=C\C(=O)O)c1cccc([N+](=O)[O-])c1. The number of non-ortho nitro benzene ring substituents is 1. The summed E-state index contributed by atoms with van der Waals surface area (Å²) in [6, 6.07) is 5.76. The lowest BCUT2D eigenvalue weighted by Crippen LogP contribution is -2.17. The predicted molar refractivity (Wildman–Crippen MR) is 70.2 cm³/mol. The van der Waals surface area contributed by atoms with E-state index in [1.54, 1.807) is 13.0 Å². The van der Waals surface area contributed by atoms with E-state index in [-0.39, 0.29) is 5.69 Å². The van der Waals surface area contributed by atoms with Crippen molar-refractivity contribution in [2.24, 2.45) is 5.10 Å². The van der Waals surface area contributed by atoms with E-state index >= 15 is 0 Å². The van der Waals surface area contributed by atoms with Crippen LogP contribution in [0.2, 0.25) is 0 Å². The molecule has 0 atom stereocenters. The highest BCUT2D eigenvalue weighted by atomic mass is 16.6. The molecule has 0 aliphatic rings. The molecule has 8 nitrogen and oxygen atoms in total. The van der Waals surface area contributed by atoms with Crippen molar-refractivity contribution >= 4 is 23.3 Å². The molecule has 1 rings (SSSR count). The molecule has 0 saturated heterocycles. The molecule has 1 amide bonds. The van der Waals surface area contributed by atoms with Gasteiger partial charge in [-0.05, 0) is 6.92 Å². The second-order valence-electron chi connectivity index (χ2n) is 3.65. The molecule has 0 saturated carbocycles. The van der Waals surface area contributed by atoms with Crippen LogP contribution in [-0.4, -0.2) is 27.6 Å². The number of hydrogen-bond donors (Lipinski definition) is 2. The maximum Gasteiger partial charge on any atom is 0.328 e. The fourth-order valence-electron chi connectivity index (χ4n) is 1.23. The fourth-order valence-corrected chi connectivity index (χ4v) is 1.23. The maximum atomic E-state index is 11.2. The third-order valence-corrected chi connectivity index (χ3v) is 2.19. The molecule has 20 heavy (non-hydrogen) atoms. The smallest absolute Gasteiger partial charge is 0.328 e. The summed E-state index contributed by atoms with van der Waals surface area (Å²) in [4.78, 5) is 31.5. The van der Waals surface area contributed by atoms with E-state index in [1.807, 2.05) is 0 Å². The van der Waals surface area contributed by atoms with Gasteiger partial charge >= 0.3 is 5.97 Å². The van der Waals surface area contributed by atoms with Gasteiger partial charge in [-0.3, -0.25) is 14.9 Å². The van der Waals surface area contributed by atoms with Gasteiger partial charge in [0.05, 0.1) is 10.6 Å². The number of carboxylic acids is 1. The number of benzene rings is 1. The van der Waals surface area contributed by atoms with Gasteiger partial charge in [0.1, 0.15) is 0 Å². The summed E-state index contributed by atoms with van der Waals surface area (Å²) in [6.07, 6.45) is 1.49. The number of nitro benzene ring substituents is 1. The number of aliphatic carboxylic acids is 1. The van der Waals surface area contributed by atoms with Gasteiger partial charge in [-0.15, -0.1) is 0 Å². The average Bonchev–Trinajstić information content (AvgIpc) is 2.42. The molecule has 0 aliphatic heterocycles. The minimum Gasteiger partial charge on any atom is -0.478 e. The minimum atomic E-state index is -1.25. The van der Waals surface area contributed by atoms with Crippen molar-refractivity contribution < 1.29 is 19.6 Å². The highest BCUT2D eigenvalue weighted by Gasteiger charge is 2.07. The normalized spacial score (nSPS) is 11.3. The zero-order valence-corrected chi connectivity index (χ0v) is 10.4. The van der Waals surface area contributed by atoms with Gasteiger partial charge in [-0.2, -0.15) is 5.10 Å². The largest absolute Gasteiger partial charge is 0.478 e. The predicted octanol–water partition coefficient (Wildman–Crippen LogP) is 1.08. The molecule has 1 aromatic carbocycles. The van der Waals surface area contributed by atoms with Crippen LogP contribution >= 0.6 is 0 Å². The number of hydrogen-bond acceptors (Lipinski definition) is 5. The van der Waals surface area contributed by atoms with Crippen molar-refractivity contribution in [3.8, 4) is 0 Å². The van der Waals surface area contributed by atoms with Crippen LogP contribution in [0.5, 0.6) is 0 Å². The lowest BCUT2D eigenvalue weighted by atomic mass is 10.1. The van der Waals surface area contributed by atoms with Crippen LogP contribution in [-0.2, 0) is 9.59 Å². The number of nitro groups is 1. The number of nitrogens with zero attached hydrogens (tertiary/aromatic N) is 2. The molecule has 0 unspecified atom stereocenters. The summed E-state index contributed by atoms with van der Waals surface area (Å²) in [6.45, 7) is 1.56. The first-order valence-electron chi connectivity index (χ1n) is 5.40. The molecule has 0 bridgehead atoms. The summed E-state index contributed by atoms with van der Waals surface area (Å²) in [7, 11) is 0. The second-order valence-corrected chi connectivity index (χ2v) is 3.65. The van der Waals surface area contributed by atoms with Crippen molar-refractivity contribution in [3.05, 3.63) is 52.1 Å². The average molecular weight is 277 g/mol. The van der Waals surface area contributed by atoms with Crippen LogP contribution in [0.15, 0.2) is 41.5 Å². The van der Waals surface area contributed by atoms with Crippen molar-refractivity contribution in [1.29, 1.82) is 0 Å².